The molecule has 1 aromatic rings. The van der Waals surface area contributed by atoms with E-state index in [0.29, 0.717) is 0 Å². The Labute approximate surface area is 82.2 Å². The van der Waals surface area contributed by atoms with Crippen molar-refractivity contribution in [3.63, 3.8) is 0 Å². The molecular formula is C5H5N2O2Y+2. The summed E-state index contributed by atoms with van der Waals surface area (Å²) in [4.78, 5) is 22.9. The van der Waals surface area contributed by atoms with Crippen LogP contribution in [0.25, 0.3) is 0 Å². The summed E-state index contributed by atoms with van der Waals surface area (Å²) in [5.41, 5.74) is -0.906. The third kappa shape index (κ3) is 2.19. The van der Waals surface area contributed by atoms with Crippen molar-refractivity contribution < 1.29 is 32.7 Å². The Balaban J connectivity index is 0.000000810. The molecule has 0 fully saturated rings. The molecule has 1 aromatic heterocycles. The average molecular weight is 214 g/mol. The predicted octanol–water partition coefficient (Wildman–Crippen LogP) is -1.13. The molecule has 0 spiro atoms. The maximum atomic E-state index is 10.5. The fourth-order valence-corrected chi connectivity index (χ4v) is 0.435. The molecule has 0 saturated carbocycles. The van der Waals surface area contributed by atoms with E-state index in [1.807, 2.05) is 4.98 Å². The van der Waals surface area contributed by atoms with E-state index in [9.17, 15) is 9.59 Å². The quantitative estimate of drug-likeness (QED) is 0.555. The first-order chi connectivity index (χ1) is 4.20. The van der Waals surface area contributed by atoms with E-state index in [1.54, 1.807) is 0 Å². The third-order valence-corrected chi connectivity index (χ3v) is 0.930. The molecule has 10 heavy (non-hydrogen) atoms. The van der Waals surface area contributed by atoms with Crippen molar-refractivity contribution in [2.24, 2.45) is 7.05 Å². The van der Waals surface area contributed by atoms with Gasteiger partial charge in [0.05, 0.1) is 5.56 Å². The SMILES string of the molecule is Cn1c[c-]c(=O)[nH]c1=O.[Y+3]. The van der Waals surface area contributed by atoms with E-state index in [1.165, 1.54) is 17.8 Å². The van der Waals surface area contributed by atoms with Gasteiger partial charge in [-0.1, -0.05) is 0 Å². The number of aromatic nitrogens is 2. The van der Waals surface area contributed by atoms with Crippen LogP contribution in [0.5, 0.6) is 0 Å². The Morgan fingerprint density at radius 2 is 2.20 bits per heavy atom. The molecule has 0 aromatic carbocycles. The maximum absolute atomic E-state index is 10.5. The Kier molecular flexibility index (Phi) is 3.75. The smallest absolute Gasteiger partial charge is 0.387 e. The zero-order chi connectivity index (χ0) is 6.85. The van der Waals surface area contributed by atoms with E-state index in [4.69, 9.17) is 0 Å². The number of hydrogen-bond acceptors (Lipinski definition) is 2. The molecule has 0 bridgehead atoms. The Morgan fingerprint density at radius 3 is 2.60 bits per heavy atom. The zero-order valence-corrected chi connectivity index (χ0v) is 8.26. The fraction of sp³-hybridized carbons (Fsp3) is 0.200. The summed E-state index contributed by atoms with van der Waals surface area (Å²) in [5.74, 6) is 0. The Hall–Kier alpha value is -0.216. The van der Waals surface area contributed by atoms with Gasteiger partial charge in [0, 0.05) is 7.05 Å². The number of rotatable bonds is 0. The molecule has 0 amide bonds. The molecule has 0 atom stereocenters. The largest absolute Gasteiger partial charge is 3.00 e. The van der Waals surface area contributed by atoms with Gasteiger partial charge in [0.15, 0.2) is 0 Å². The number of aryl methyl sites for hydroxylation is 1. The van der Waals surface area contributed by atoms with Gasteiger partial charge in [-0.25, -0.2) is 4.79 Å². The maximum Gasteiger partial charge on any atom is 3.00 e. The Bertz CT molecular complexity index is 314. The molecule has 0 aliphatic heterocycles. The second-order valence-corrected chi connectivity index (χ2v) is 1.64. The number of H-pyrrole nitrogens is 1. The molecule has 0 aliphatic rings. The fourth-order valence-electron chi connectivity index (χ4n) is 0.435. The van der Waals surface area contributed by atoms with Crippen LogP contribution in [-0.4, -0.2) is 9.55 Å². The van der Waals surface area contributed by atoms with Crippen molar-refractivity contribution >= 4 is 0 Å². The monoisotopic (exact) mass is 214 g/mol. The van der Waals surface area contributed by atoms with E-state index in [2.05, 4.69) is 6.07 Å². The summed E-state index contributed by atoms with van der Waals surface area (Å²) >= 11 is 0. The van der Waals surface area contributed by atoms with Gasteiger partial charge in [-0.2, -0.15) is 6.20 Å². The van der Waals surface area contributed by atoms with Crippen LogP contribution in [0.1, 0.15) is 0 Å². The van der Waals surface area contributed by atoms with Crippen LogP contribution in [0.3, 0.4) is 0 Å². The molecule has 5 heteroatoms. The van der Waals surface area contributed by atoms with E-state index >= 15 is 0 Å². The molecule has 0 saturated heterocycles. The molecule has 48 valence electrons. The summed E-state index contributed by atoms with van der Waals surface area (Å²) in [5, 5.41) is 0. The van der Waals surface area contributed by atoms with Gasteiger partial charge in [0.25, 0.3) is 0 Å². The van der Waals surface area contributed by atoms with Gasteiger partial charge in [-0.15, -0.1) is 0 Å². The van der Waals surface area contributed by atoms with Crippen LogP contribution in [0.15, 0.2) is 15.8 Å². The number of nitrogens with one attached hydrogen (secondary N) is 1. The molecule has 1 N–H and O–H groups in total. The second-order valence-electron chi connectivity index (χ2n) is 1.64. The van der Waals surface area contributed by atoms with E-state index in [-0.39, 0.29) is 32.7 Å². The predicted molar refractivity (Wildman–Crippen MR) is 31.1 cm³/mol. The van der Waals surface area contributed by atoms with Gasteiger partial charge in [0.2, 0.25) is 0 Å². The minimum Gasteiger partial charge on any atom is -0.387 e. The van der Waals surface area contributed by atoms with Crippen LogP contribution in [0.4, 0.5) is 0 Å². The molecule has 0 unspecified atom stereocenters. The summed E-state index contributed by atoms with van der Waals surface area (Å²) in [7, 11) is 1.54. The zero-order valence-electron chi connectivity index (χ0n) is 5.42. The molecule has 0 radical (unpaired) electrons. The minimum absolute atomic E-state index is 0. The normalized spacial score (nSPS) is 8.50. The van der Waals surface area contributed by atoms with Gasteiger partial charge in [-0.05, 0) is 0 Å². The topological polar surface area (TPSA) is 54.9 Å². The van der Waals surface area contributed by atoms with Gasteiger partial charge in [-0.3, -0.25) is 0 Å². The van der Waals surface area contributed by atoms with Gasteiger partial charge >= 0.3 is 38.4 Å². The first-order valence-electron chi connectivity index (χ1n) is 2.38. The average Bonchev–Trinajstić information content (AvgIpc) is 1.80. The molecule has 1 heterocycles. The van der Waals surface area contributed by atoms with E-state index < -0.39 is 11.2 Å². The summed E-state index contributed by atoms with van der Waals surface area (Å²) in [6.45, 7) is 0. The van der Waals surface area contributed by atoms with Crippen LogP contribution in [-0.2, 0) is 39.8 Å². The van der Waals surface area contributed by atoms with Crippen LogP contribution < -0.4 is 11.2 Å². The summed E-state index contributed by atoms with van der Waals surface area (Å²) in [6.07, 6.45) is 1.29. The van der Waals surface area contributed by atoms with Gasteiger partial charge in [0.1, 0.15) is 0 Å². The van der Waals surface area contributed by atoms with Gasteiger partial charge < -0.3 is 20.4 Å². The third-order valence-electron chi connectivity index (χ3n) is 0.930. The van der Waals surface area contributed by atoms with E-state index in [0.717, 1.165) is 0 Å². The number of hydrogen-bond donors (Lipinski definition) is 1. The molecule has 4 nitrogen and oxygen atoms in total. The van der Waals surface area contributed by atoms with Crippen molar-refractivity contribution in [3.8, 4) is 0 Å². The van der Waals surface area contributed by atoms with Crippen molar-refractivity contribution in [2.75, 3.05) is 0 Å². The molecular weight excluding hydrogens is 209 g/mol. The van der Waals surface area contributed by atoms with Crippen molar-refractivity contribution in [2.45, 2.75) is 0 Å². The molecule has 0 aliphatic carbocycles. The summed E-state index contributed by atoms with van der Waals surface area (Å²) in [6, 6.07) is 2.29. The standard InChI is InChI=1S/C5H5N2O2.Y/c1-7-3-2-4(8)6-5(7)9;/h3H,1H3,(H,6,8,9);/q-1;+3. The Morgan fingerprint density at radius 1 is 1.60 bits per heavy atom. The van der Waals surface area contributed by atoms with Crippen molar-refractivity contribution in [1.82, 2.24) is 9.55 Å². The first-order valence-corrected chi connectivity index (χ1v) is 2.38. The van der Waals surface area contributed by atoms with Crippen molar-refractivity contribution in [1.29, 1.82) is 0 Å². The molecule has 1 rings (SSSR count). The van der Waals surface area contributed by atoms with Crippen LogP contribution >= 0.6 is 0 Å². The minimum atomic E-state index is -0.488. The summed E-state index contributed by atoms with van der Waals surface area (Å²) < 4.78 is 1.24. The first kappa shape index (κ1) is 9.78. The second kappa shape index (κ2) is 3.83. The van der Waals surface area contributed by atoms with Crippen LogP contribution in [0.2, 0.25) is 0 Å². The number of aromatic amines is 1. The number of nitrogens with zero attached hydrogens (tertiary/aromatic N) is 1. The van der Waals surface area contributed by atoms with Crippen molar-refractivity contribution in [3.05, 3.63) is 33.1 Å². The van der Waals surface area contributed by atoms with Crippen LogP contribution in [0, 0.1) is 6.07 Å².